The molecule has 6 nitrogen and oxygen atoms in total. The van der Waals surface area contributed by atoms with Gasteiger partial charge in [0.1, 0.15) is 5.75 Å². The van der Waals surface area contributed by atoms with Crippen molar-refractivity contribution in [1.82, 2.24) is 4.90 Å². The van der Waals surface area contributed by atoms with Crippen molar-refractivity contribution >= 4 is 9.84 Å². The fourth-order valence-electron chi connectivity index (χ4n) is 2.69. The Morgan fingerprint density at radius 3 is 2.61 bits per heavy atom. The number of hydrogen-bond acceptors (Lipinski definition) is 6. The second-order valence-electron chi connectivity index (χ2n) is 6.01. The minimum Gasteiger partial charge on any atom is -0.497 e. The third kappa shape index (κ3) is 5.76. The Kier molecular flexibility index (Phi) is 6.41. The minimum atomic E-state index is -2.90. The summed E-state index contributed by atoms with van der Waals surface area (Å²) in [6.45, 7) is 1.04. The molecule has 0 bridgehead atoms. The zero-order valence-electron chi connectivity index (χ0n) is 13.6. The van der Waals surface area contributed by atoms with Crippen molar-refractivity contribution in [3.05, 3.63) is 29.8 Å². The van der Waals surface area contributed by atoms with Crippen LogP contribution in [0.5, 0.6) is 5.75 Å². The third-order valence-electron chi connectivity index (χ3n) is 4.07. The molecular weight excluding hydrogens is 318 g/mol. The van der Waals surface area contributed by atoms with Crippen LogP contribution < -0.4 is 4.74 Å². The van der Waals surface area contributed by atoms with Gasteiger partial charge in [0.15, 0.2) is 9.84 Å². The molecule has 0 saturated carbocycles. The van der Waals surface area contributed by atoms with Crippen LogP contribution in [-0.2, 0) is 21.2 Å². The van der Waals surface area contributed by atoms with E-state index < -0.39 is 15.9 Å². The maximum atomic E-state index is 11.5. The molecule has 0 aliphatic carbocycles. The number of benzene rings is 1. The summed E-state index contributed by atoms with van der Waals surface area (Å²) in [7, 11) is 0.565. The monoisotopic (exact) mass is 343 g/mol. The normalized spacial score (nSPS) is 21.5. The van der Waals surface area contributed by atoms with Crippen LogP contribution in [-0.4, -0.2) is 69.4 Å². The van der Waals surface area contributed by atoms with Crippen LogP contribution in [0.2, 0.25) is 0 Å². The molecular formula is C16H25NO5S. The Bertz CT molecular complexity index is 587. The summed E-state index contributed by atoms with van der Waals surface area (Å²) in [4.78, 5) is 1.91. The van der Waals surface area contributed by atoms with Crippen molar-refractivity contribution in [1.29, 1.82) is 0 Å². The maximum absolute atomic E-state index is 11.5. The van der Waals surface area contributed by atoms with Gasteiger partial charge in [0, 0.05) is 12.6 Å². The van der Waals surface area contributed by atoms with Gasteiger partial charge in [0.05, 0.1) is 37.9 Å². The molecule has 2 rings (SSSR count). The van der Waals surface area contributed by atoms with Gasteiger partial charge in [0.2, 0.25) is 0 Å². The molecule has 0 amide bonds. The molecule has 1 heterocycles. The number of aliphatic hydroxyl groups is 1. The summed E-state index contributed by atoms with van der Waals surface area (Å²) >= 11 is 0. The van der Waals surface area contributed by atoms with E-state index in [1.165, 1.54) is 0 Å². The average Bonchev–Trinajstić information content (AvgIpc) is 2.88. The number of aliphatic hydroxyl groups excluding tert-OH is 1. The fourth-order valence-corrected chi connectivity index (χ4v) is 4.50. The lowest BCUT2D eigenvalue weighted by Gasteiger charge is -2.25. The second-order valence-corrected chi connectivity index (χ2v) is 8.24. The summed E-state index contributed by atoms with van der Waals surface area (Å²) < 4.78 is 33.6. The number of rotatable bonds is 8. The summed E-state index contributed by atoms with van der Waals surface area (Å²) in [5.41, 5.74) is 1.01. The summed E-state index contributed by atoms with van der Waals surface area (Å²) in [5, 5.41) is 10.0. The van der Waals surface area contributed by atoms with E-state index in [1.807, 2.05) is 36.2 Å². The lowest BCUT2D eigenvalue weighted by Crippen LogP contribution is -2.39. The smallest absolute Gasteiger partial charge is 0.151 e. The first-order chi connectivity index (χ1) is 10.9. The molecule has 0 radical (unpaired) electrons. The molecule has 130 valence electrons. The highest BCUT2D eigenvalue weighted by molar-refractivity contribution is 7.91. The van der Waals surface area contributed by atoms with Crippen LogP contribution in [0.15, 0.2) is 24.3 Å². The standard InChI is InChI=1S/C16H25NO5S/c1-17(14-7-8-23(19,20)12-14)9-15(18)11-22-10-13-3-5-16(21-2)6-4-13/h3-6,14-15,18H,7-12H2,1-2H3/t14-,15+/m1/s1. The molecule has 1 aliphatic heterocycles. The first-order valence-corrected chi connectivity index (χ1v) is 9.51. The molecule has 1 aliphatic rings. The van der Waals surface area contributed by atoms with Crippen LogP contribution >= 0.6 is 0 Å². The highest BCUT2D eigenvalue weighted by Crippen LogP contribution is 2.17. The van der Waals surface area contributed by atoms with Gasteiger partial charge in [-0.1, -0.05) is 12.1 Å². The SMILES string of the molecule is COc1ccc(COC[C@@H](O)CN(C)[C@@H]2CCS(=O)(=O)C2)cc1. The van der Waals surface area contributed by atoms with Crippen LogP contribution in [0.25, 0.3) is 0 Å². The Hall–Kier alpha value is -1.15. The van der Waals surface area contributed by atoms with Crippen molar-refractivity contribution in [2.24, 2.45) is 0 Å². The van der Waals surface area contributed by atoms with Crippen molar-refractivity contribution < 1.29 is 23.0 Å². The fraction of sp³-hybridized carbons (Fsp3) is 0.625. The van der Waals surface area contributed by atoms with Crippen molar-refractivity contribution in [3.63, 3.8) is 0 Å². The number of hydrogen-bond donors (Lipinski definition) is 1. The topological polar surface area (TPSA) is 76.1 Å². The molecule has 23 heavy (non-hydrogen) atoms. The molecule has 0 aromatic heterocycles. The lowest BCUT2D eigenvalue weighted by molar-refractivity contribution is 0.00911. The summed E-state index contributed by atoms with van der Waals surface area (Å²) in [6, 6.07) is 7.56. The van der Waals surface area contributed by atoms with Crippen molar-refractivity contribution in [2.45, 2.75) is 25.2 Å². The van der Waals surface area contributed by atoms with E-state index in [0.717, 1.165) is 11.3 Å². The van der Waals surface area contributed by atoms with E-state index in [4.69, 9.17) is 9.47 Å². The molecule has 1 aromatic carbocycles. The first kappa shape index (κ1) is 18.2. The minimum absolute atomic E-state index is 0.00348. The highest BCUT2D eigenvalue weighted by Gasteiger charge is 2.31. The Labute approximate surface area is 137 Å². The number of methoxy groups -OCH3 is 1. The van der Waals surface area contributed by atoms with E-state index in [-0.39, 0.29) is 24.2 Å². The first-order valence-electron chi connectivity index (χ1n) is 7.69. The maximum Gasteiger partial charge on any atom is 0.151 e. The molecule has 1 aromatic rings. The Morgan fingerprint density at radius 1 is 1.35 bits per heavy atom. The van der Waals surface area contributed by atoms with Gasteiger partial charge >= 0.3 is 0 Å². The zero-order valence-corrected chi connectivity index (χ0v) is 14.5. The van der Waals surface area contributed by atoms with Gasteiger partial charge in [0.25, 0.3) is 0 Å². The molecule has 1 fully saturated rings. The van der Waals surface area contributed by atoms with Gasteiger partial charge < -0.3 is 14.6 Å². The third-order valence-corrected chi connectivity index (χ3v) is 5.82. The molecule has 1 N–H and O–H groups in total. The van der Waals surface area contributed by atoms with Gasteiger partial charge in [-0.05, 0) is 31.2 Å². The van der Waals surface area contributed by atoms with E-state index in [2.05, 4.69) is 0 Å². The second kappa shape index (κ2) is 8.10. The van der Waals surface area contributed by atoms with E-state index in [9.17, 15) is 13.5 Å². The van der Waals surface area contributed by atoms with Crippen molar-refractivity contribution in [3.8, 4) is 5.75 Å². The van der Waals surface area contributed by atoms with E-state index in [0.29, 0.717) is 19.6 Å². The summed E-state index contributed by atoms with van der Waals surface area (Å²) in [5.74, 6) is 1.22. The molecule has 0 unspecified atom stereocenters. The van der Waals surface area contributed by atoms with Crippen LogP contribution in [0.4, 0.5) is 0 Å². The number of likely N-dealkylation sites (N-methyl/N-ethyl adjacent to an activating group) is 1. The Balaban J connectivity index is 1.69. The average molecular weight is 343 g/mol. The van der Waals surface area contributed by atoms with Gasteiger partial charge in [-0.3, -0.25) is 4.90 Å². The van der Waals surface area contributed by atoms with Gasteiger partial charge in [-0.15, -0.1) is 0 Å². The zero-order chi connectivity index (χ0) is 16.9. The quantitative estimate of drug-likeness (QED) is 0.748. The molecule has 2 atom stereocenters. The predicted molar refractivity (Wildman–Crippen MR) is 88.3 cm³/mol. The van der Waals surface area contributed by atoms with E-state index >= 15 is 0 Å². The van der Waals surface area contributed by atoms with E-state index in [1.54, 1.807) is 7.11 Å². The van der Waals surface area contributed by atoms with Crippen LogP contribution in [0, 0.1) is 0 Å². The number of nitrogens with zero attached hydrogens (tertiary/aromatic N) is 1. The highest BCUT2D eigenvalue weighted by atomic mass is 32.2. The molecule has 0 spiro atoms. The molecule has 1 saturated heterocycles. The summed E-state index contributed by atoms with van der Waals surface area (Å²) in [6.07, 6.45) is -0.000290. The molecule has 7 heteroatoms. The lowest BCUT2D eigenvalue weighted by atomic mass is 10.2. The van der Waals surface area contributed by atoms with Gasteiger partial charge in [-0.25, -0.2) is 8.42 Å². The van der Waals surface area contributed by atoms with Crippen LogP contribution in [0.3, 0.4) is 0 Å². The number of ether oxygens (including phenoxy) is 2. The van der Waals surface area contributed by atoms with Crippen LogP contribution in [0.1, 0.15) is 12.0 Å². The van der Waals surface area contributed by atoms with Crippen molar-refractivity contribution in [2.75, 3.05) is 38.8 Å². The largest absolute Gasteiger partial charge is 0.497 e. The van der Waals surface area contributed by atoms with Gasteiger partial charge in [-0.2, -0.15) is 0 Å². The predicted octanol–water partition coefficient (Wildman–Crippen LogP) is 0.692. The Morgan fingerprint density at radius 2 is 2.04 bits per heavy atom. The number of sulfone groups is 1.